The van der Waals surface area contributed by atoms with Crippen molar-refractivity contribution in [1.82, 2.24) is 9.55 Å². The second kappa shape index (κ2) is 11.0. The molecule has 202 valence electrons. The van der Waals surface area contributed by atoms with Gasteiger partial charge in [0, 0.05) is 45.0 Å². The number of aryl methyl sites for hydroxylation is 2. The van der Waals surface area contributed by atoms with E-state index in [0.717, 1.165) is 62.9 Å². The van der Waals surface area contributed by atoms with Crippen molar-refractivity contribution < 1.29 is 9.13 Å². The fourth-order valence-electron chi connectivity index (χ4n) is 6.23. The van der Waals surface area contributed by atoms with Gasteiger partial charge in [0.05, 0.1) is 17.3 Å². The van der Waals surface area contributed by atoms with Gasteiger partial charge in [-0.25, -0.2) is 9.37 Å². The average molecular weight is 529 g/mol. The van der Waals surface area contributed by atoms with E-state index in [1.54, 1.807) is 25.2 Å². The van der Waals surface area contributed by atoms with Crippen molar-refractivity contribution in [3.8, 4) is 12.1 Å². The number of rotatable bonds is 6. The number of ether oxygens (including phenoxy) is 1. The van der Waals surface area contributed by atoms with E-state index in [9.17, 15) is 19.7 Å². The number of nitriles is 2. The quantitative estimate of drug-likeness (QED) is 0.463. The van der Waals surface area contributed by atoms with Crippen molar-refractivity contribution in [2.75, 3.05) is 30.0 Å². The zero-order chi connectivity index (χ0) is 27.7. The third kappa shape index (κ3) is 5.07. The maximum absolute atomic E-state index is 13.9. The topological polar surface area (TPSA) is 98.2 Å². The highest BCUT2D eigenvalue weighted by Crippen LogP contribution is 2.36. The maximum atomic E-state index is 13.9. The Bertz CT molecular complexity index is 1520. The van der Waals surface area contributed by atoms with Crippen LogP contribution in [0.25, 0.3) is 11.0 Å². The SMILES string of the molecule is Cc1cc(F)ccc1N(C[C@H]1CCCO1)[C@H]1CC[C@H](N(C)c2c(C#N)c(=O)n(C)c3ccc(C#N)nc23)CC1. The van der Waals surface area contributed by atoms with Crippen LogP contribution in [0.3, 0.4) is 0 Å². The summed E-state index contributed by atoms with van der Waals surface area (Å²) in [5.74, 6) is -0.235. The fourth-order valence-corrected chi connectivity index (χ4v) is 6.23. The predicted octanol–water partition coefficient (Wildman–Crippen LogP) is 4.56. The molecule has 0 bridgehead atoms. The maximum Gasteiger partial charge on any atom is 0.270 e. The van der Waals surface area contributed by atoms with Gasteiger partial charge in [-0.15, -0.1) is 0 Å². The normalized spacial score (nSPS) is 20.9. The Morgan fingerprint density at radius 1 is 1.10 bits per heavy atom. The number of aromatic nitrogens is 2. The lowest BCUT2D eigenvalue weighted by molar-refractivity contribution is 0.112. The van der Waals surface area contributed by atoms with Crippen molar-refractivity contribution in [3.05, 3.63) is 63.3 Å². The molecule has 0 N–H and O–H groups in total. The minimum Gasteiger partial charge on any atom is -0.376 e. The first-order valence-electron chi connectivity index (χ1n) is 13.5. The molecule has 3 heterocycles. The number of pyridine rings is 2. The van der Waals surface area contributed by atoms with Crippen molar-refractivity contribution in [1.29, 1.82) is 10.5 Å². The highest BCUT2D eigenvalue weighted by molar-refractivity contribution is 5.92. The van der Waals surface area contributed by atoms with Crippen LogP contribution < -0.4 is 15.4 Å². The van der Waals surface area contributed by atoms with Crippen LogP contribution >= 0.6 is 0 Å². The molecule has 2 aromatic heterocycles. The summed E-state index contributed by atoms with van der Waals surface area (Å²) in [5, 5.41) is 19.4. The van der Waals surface area contributed by atoms with Crippen LogP contribution in [0.2, 0.25) is 0 Å². The van der Waals surface area contributed by atoms with Crippen LogP contribution in [0.15, 0.2) is 35.1 Å². The van der Waals surface area contributed by atoms with Crippen molar-refractivity contribution in [2.24, 2.45) is 7.05 Å². The van der Waals surface area contributed by atoms with Gasteiger partial charge in [-0.2, -0.15) is 10.5 Å². The lowest BCUT2D eigenvalue weighted by Crippen LogP contribution is -2.46. The number of halogens is 1. The molecule has 2 aliphatic rings. The molecule has 1 aliphatic carbocycles. The lowest BCUT2D eigenvalue weighted by atomic mass is 9.88. The van der Waals surface area contributed by atoms with Gasteiger partial charge in [-0.3, -0.25) is 4.79 Å². The molecule has 1 atom stereocenters. The molecule has 1 saturated heterocycles. The molecule has 3 aromatic rings. The number of benzene rings is 1. The van der Waals surface area contributed by atoms with Crippen molar-refractivity contribution in [2.45, 2.75) is 63.6 Å². The Kier molecular flexibility index (Phi) is 7.54. The van der Waals surface area contributed by atoms with E-state index in [4.69, 9.17) is 4.74 Å². The molecule has 0 radical (unpaired) electrons. The Morgan fingerprint density at radius 3 is 2.49 bits per heavy atom. The van der Waals surface area contributed by atoms with Gasteiger partial charge < -0.3 is 19.1 Å². The molecule has 1 saturated carbocycles. The van der Waals surface area contributed by atoms with Crippen LogP contribution in [-0.2, 0) is 11.8 Å². The third-order valence-electron chi connectivity index (χ3n) is 8.34. The van der Waals surface area contributed by atoms with Gasteiger partial charge in [-0.1, -0.05) is 0 Å². The Morgan fingerprint density at radius 2 is 1.85 bits per heavy atom. The molecule has 8 nitrogen and oxygen atoms in total. The van der Waals surface area contributed by atoms with Crippen LogP contribution in [0.1, 0.15) is 55.3 Å². The van der Waals surface area contributed by atoms with E-state index in [0.29, 0.717) is 16.7 Å². The summed E-state index contributed by atoms with van der Waals surface area (Å²) in [6.07, 6.45) is 5.76. The highest BCUT2D eigenvalue weighted by Gasteiger charge is 2.33. The van der Waals surface area contributed by atoms with Crippen LogP contribution in [0.4, 0.5) is 15.8 Å². The smallest absolute Gasteiger partial charge is 0.270 e. The first-order valence-corrected chi connectivity index (χ1v) is 13.5. The Balaban J connectivity index is 1.43. The van der Waals surface area contributed by atoms with Gasteiger partial charge >= 0.3 is 0 Å². The molecule has 0 amide bonds. The fraction of sp³-hybridized carbons (Fsp3) is 0.467. The molecule has 1 aromatic carbocycles. The second-order valence-electron chi connectivity index (χ2n) is 10.7. The Labute approximate surface area is 227 Å². The largest absolute Gasteiger partial charge is 0.376 e. The summed E-state index contributed by atoms with van der Waals surface area (Å²) in [4.78, 5) is 22.0. The van der Waals surface area contributed by atoms with Gasteiger partial charge in [0.2, 0.25) is 0 Å². The zero-order valence-electron chi connectivity index (χ0n) is 22.7. The standard InChI is InChI=1S/C30H33FN6O2/c1-19-15-20(31)6-12-26(19)37(18-24-5-4-14-39-24)23-10-8-22(9-11-23)35(2)29-25(17-33)30(38)36(3)27-13-7-21(16-32)34-28(27)29/h6-7,12-13,15,22-24H,4-5,8-11,14,18H2,1-3H3/t22-,23-,24-/m1/s1. The number of hydrogen-bond donors (Lipinski definition) is 0. The van der Waals surface area contributed by atoms with Crippen molar-refractivity contribution >= 4 is 22.4 Å². The molecule has 0 spiro atoms. The monoisotopic (exact) mass is 528 g/mol. The van der Waals surface area contributed by atoms with Crippen LogP contribution in [0, 0.1) is 35.4 Å². The minimum atomic E-state index is -0.374. The third-order valence-corrected chi connectivity index (χ3v) is 8.34. The highest BCUT2D eigenvalue weighted by atomic mass is 19.1. The summed E-state index contributed by atoms with van der Waals surface area (Å²) in [5.41, 5.74) is 3.42. The summed E-state index contributed by atoms with van der Waals surface area (Å²) in [7, 11) is 3.53. The first kappa shape index (κ1) is 26.6. The zero-order valence-corrected chi connectivity index (χ0v) is 22.7. The number of hydrogen-bond acceptors (Lipinski definition) is 7. The van der Waals surface area contributed by atoms with E-state index in [1.165, 1.54) is 10.6 Å². The molecular weight excluding hydrogens is 495 g/mol. The average Bonchev–Trinajstić information content (AvgIpc) is 3.46. The summed E-state index contributed by atoms with van der Waals surface area (Å²) < 4.78 is 21.3. The van der Waals surface area contributed by atoms with Gasteiger partial charge in [0.15, 0.2) is 0 Å². The number of anilines is 2. The number of nitrogens with zero attached hydrogens (tertiary/aromatic N) is 6. The molecule has 5 rings (SSSR count). The van der Waals surface area contributed by atoms with Gasteiger partial charge in [0.1, 0.15) is 34.7 Å². The first-order chi connectivity index (χ1) is 18.8. The number of fused-ring (bicyclic) bond motifs is 1. The summed E-state index contributed by atoms with van der Waals surface area (Å²) >= 11 is 0. The van der Waals surface area contributed by atoms with E-state index in [2.05, 4.69) is 22.0 Å². The molecule has 2 fully saturated rings. The molecule has 0 unspecified atom stereocenters. The Hall–Kier alpha value is -3.95. The lowest BCUT2D eigenvalue weighted by Gasteiger charge is -2.42. The van der Waals surface area contributed by atoms with Crippen molar-refractivity contribution in [3.63, 3.8) is 0 Å². The summed E-state index contributed by atoms with van der Waals surface area (Å²) in [6.45, 7) is 3.51. The van der Waals surface area contributed by atoms with E-state index >= 15 is 0 Å². The van der Waals surface area contributed by atoms with Gasteiger partial charge in [0.25, 0.3) is 5.56 Å². The predicted molar refractivity (Wildman–Crippen MR) is 148 cm³/mol. The van der Waals surface area contributed by atoms with Gasteiger partial charge in [-0.05, 0) is 81.3 Å². The van der Waals surface area contributed by atoms with Crippen LogP contribution in [0.5, 0.6) is 0 Å². The van der Waals surface area contributed by atoms with E-state index < -0.39 is 0 Å². The van der Waals surface area contributed by atoms with E-state index in [-0.39, 0.29) is 40.8 Å². The molecule has 9 heteroatoms. The van der Waals surface area contributed by atoms with Crippen LogP contribution in [-0.4, -0.2) is 47.9 Å². The molecular formula is C30H33FN6O2. The minimum absolute atomic E-state index is 0.0409. The second-order valence-corrected chi connectivity index (χ2v) is 10.7. The summed E-state index contributed by atoms with van der Waals surface area (Å²) in [6, 6.07) is 12.8. The molecule has 1 aliphatic heterocycles. The van der Waals surface area contributed by atoms with E-state index in [1.807, 2.05) is 24.9 Å². The molecule has 39 heavy (non-hydrogen) atoms.